The molecule has 106 valence electrons. The van der Waals surface area contributed by atoms with Gasteiger partial charge in [0, 0.05) is 25.6 Å². The Morgan fingerprint density at radius 2 is 2.16 bits per heavy atom. The normalized spacial score (nSPS) is 14.2. The monoisotopic (exact) mass is 284 g/mol. The number of rotatable bonds is 5. The van der Waals surface area contributed by atoms with Gasteiger partial charge in [-0.2, -0.15) is 0 Å². The Labute approximate surface area is 120 Å². The van der Waals surface area contributed by atoms with Gasteiger partial charge in [0.25, 0.3) is 5.91 Å². The maximum absolute atomic E-state index is 11.6. The zero-order valence-corrected chi connectivity index (χ0v) is 12.2. The Kier molecular flexibility index (Phi) is 6.12. The summed E-state index contributed by atoms with van der Waals surface area (Å²) in [6.07, 6.45) is 0. The first kappa shape index (κ1) is 15.8. The zero-order valence-electron chi connectivity index (χ0n) is 11.4. The van der Waals surface area contributed by atoms with Crippen molar-refractivity contribution in [3.8, 4) is 5.75 Å². The average Bonchev–Trinajstić information content (AvgIpc) is 2.25. The van der Waals surface area contributed by atoms with Crippen LogP contribution in [0.4, 0.5) is 0 Å². The van der Waals surface area contributed by atoms with Crippen molar-refractivity contribution < 1.29 is 9.53 Å². The molecule has 0 aromatic heterocycles. The van der Waals surface area contributed by atoms with E-state index in [0.717, 1.165) is 30.9 Å². The van der Waals surface area contributed by atoms with Gasteiger partial charge in [-0.25, -0.2) is 0 Å². The van der Waals surface area contributed by atoms with Gasteiger partial charge in [0.05, 0.1) is 0 Å². The summed E-state index contributed by atoms with van der Waals surface area (Å²) in [6, 6.07) is 5.95. The Morgan fingerprint density at radius 3 is 2.74 bits per heavy atom. The van der Waals surface area contributed by atoms with Crippen molar-refractivity contribution in [2.24, 2.45) is 5.92 Å². The summed E-state index contributed by atoms with van der Waals surface area (Å²) >= 11 is 0. The van der Waals surface area contributed by atoms with E-state index in [2.05, 4.69) is 10.6 Å². The van der Waals surface area contributed by atoms with E-state index in [0.29, 0.717) is 5.92 Å². The number of halogens is 1. The molecule has 19 heavy (non-hydrogen) atoms. The van der Waals surface area contributed by atoms with Gasteiger partial charge in [0.2, 0.25) is 0 Å². The molecule has 0 spiro atoms. The minimum Gasteiger partial charge on any atom is -0.484 e. The molecule has 0 atom stereocenters. The molecule has 1 aliphatic heterocycles. The lowest BCUT2D eigenvalue weighted by Gasteiger charge is -2.27. The van der Waals surface area contributed by atoms with Crippen LogP contribution < -0.4 is 15.4 Å². The molecule has 1 aliphatic rings. The largest absolute Gasteiger partial charge is 0.484 e. The molecule has 0 saturated carbocycles. The lowest BCUT2D eigenvalue weighted by Crippen LogP contribution is -2.48. The fraction of sp³-hybridized carbons (Fsp3) is 0.500. The third-order valence-corrected chi connectivity index (χ3v) is 3.14. The number of benzene rings is 1. The van der Waals surface area contributed by atoms with E-state index in [4.69, 9.17) is 4.74 Å². The van der Waals surface area contributed by atoms with E-state index in [1.807, 2.05) is 32.0 Å². The van der Waals surface area contributed by atoms with Crippen molar-refractivity contribution in [2.75, 3.05) is 26.2 Å². The molecule has 1 fully saturated rings. The van der Waals surface area contributed by atoms with Crippen LogP contribution in [0.25, 0.3) is 0 Å². The van der Waals surface area contributed by atoms with Gasteiger partial charge in [-0.3, -0.25) is 4.79 Å². The van der Waals surface area contributed by atoms with Crippen LogP contribution >= 0.6 is 12.4 Å². The highest BCUT2D eigenvalue weighted by atomic mass is 35.5. The molecule has 5 heteroatoms. The molecule has 1 amide bonds. The summed E-state index contributed by atoms with van der Waals surface area (Å²) < 4.78 is 5.51. The predicted molar refractivity (Wildman–Crippen MR) is 78.0 cm³/mol. The second kappa shape index (κ2) is 7.36. The van der Waals surface area contributed by atoms with E-state index in [-0.39, 0.29) is 24.9 Å². The van der Waals surface area contributed by atoms with Crippen molar-refractivity contribution in [2.45, 2.75) is 13.8 Å². The van der Waals surface area contributed by atoms with E-state index in [1.54, 1.807) is 0 Å². The maximum Gasteiger partial charge on any atom is 0.257 e. The fourth-order valence-electron chi connectivity index (χ4n) is 1.91. The molecule has 2 N–H and O–H groups in total. The van der Waals surface area contributed by atoms with Crippen LogP contribution in [-0.2, 0) is 4.79 Å². The first-order valence-electron chi connectivity index (χ1n) is 6.32. The van der Waals surface area contributed by atoms with Crippen molar-refractivity contribution >= 4 is 18.3 Å². The van der Waals surface area contributed by atoms with Gasteiger partial charge in [-0.1, -0.05) is 17.7 Å². The quantitative estimate of drug-likeness (QED) is 0.860. The maximum atomic E-state index is 11.6. The van der Waals surface area contributed by atoms with E-state index >= 15 is 0 Å². The Morgan fingerprint density at radius 1 is 1.42 bits per heavy atom. The van der Waals surface area contributed by atoms with Gasteiger partial charge >= 0.3 is 0 Å². The second-order valence-corrected chi connectivity index (χ2v) is 4.89. The van der Waals surface area contributed by atoms with Gasteiger partial charge < -0.3 is 15.4 Å². The van der Waals surface area contributed by atoms with Crippen LogP contribution in [0.2, 0.25) is 0 Å². The first-order chi connectivity index (χ1) is 8.65. The molecule has 4 nitrogen and oxygen atoms in total. The van der Waals surface area contributed by atoms with E-state index < -0.39 is 0 Å². The van der Waals surface area contributed by atoms with Gasteiger partial charge in [-0.05, 0) is 25.5 Å². The molecule has 1 aromatic carbocycles. The highest BCUT2D eigenvalue weighted by Gasteiger charge is 2.17. The second-order valence-electron chi connectivity index (χ2n) is 4.89. The minimum absolute atomic E-state index is 0. The molecule has 0 unspecified atom stereocenters. The van der Waals surface area contributed by atoms with Crippen molar-refractivity contribution in [3.05, 3.63) is 29.3 Å². The molecule has 1 saturated heterocycles. The minimum atomic E-state index is -0.0538. The van der Waals surface area contributed by atoms with Crippen molar-refractivity contribution in [1.82, 2.24) is 10.6 Å². The van der Waals surface area contributed by atoms with E-state index in [9.17, 15) is 4.79 Å². The fourth-order valence-corrected chi connectivity index (χ4v) is 1.91. The molecule has 1 aromatic rings. The number of aryl methyl sites for hydroxylation is 2. The number of nitrogens with one attached hydrogen (secondary N) is 2. The smallest absolute Gasteiger partial charge is 0.257 e. The predicted octanol–water partition coefficient (Wildman–Crippen LogP) is 1.44. The number of hydrogen-bond acceptors (Lipinski definition) is 3. The third kappa shape index (κ3) is 4.73. The molecule has 0 bridgehead atoms. The summed E-state index contributed by atoms with van der Waals surface area (Å²) in [5.41, 5.74) is 2.26. The summed E-state index contributed by atoms with van der Waals surface area (Å²) in [4.78, 5) is 11.6. The number of carbonyl (C=O) groups excluding carboxylic acids is 1. The van der Waals surface area contributed by atoms with Gasteiger partial charge in [-0.15, -0.1) is 12.4 Å². The first-order valence-corrected chi connectivity index (χ1v) is 6.32. The molecule has 0 radical (unpaired) electrons. The number of ether oxygens (including phenoxy) is 1. The SMILES string of the molecule is Cc1ccc(OCC(=O)NCC2CNC2)c(C)c1.Cl. The Bertz CT molecular complexity index is 433. The summed E-state index contributed by atoms with van der Waals surface area (Å²) in [5.74, 6) is 1.30. The molecular weight excluding hydrogens is 264 g/mol. The number of carbonyl (C=O) groups is 1. The van der Waals surface area contributed by atoms with Crippen LogP contribution in [0.3, 0.4) is 0 Å². The van der Waals surface area contributed by atoms with Gasteiger partial charge in [0.1, 0.15) is 5.75 Å². The third-order valence-electron chi connectivity index (χ3n) is 3.14. The molecule has 0 aliphatic carbocycles. The summed E-state index contributed by atoms with van der Waals surface area (Å²) in [5, 5.41) is 6.05. The van der Waals surface area contributed by atoms with Crippen LogP contribution in [0.5, 0.6) is 5.75 Å². The van der Waals surface area contributed by atoms with Crippen LogP contribution in [0.15, 0.2) is 18.2 Å². The summed E-state index contributed by atoms with van der Waals surface area (Å²) in [6.45, 7) is 6.85. The molecule has 1 heterocycles. The van der Waals surface area contributed by atoms with Crippen LogP contribution in [0.1, 0.15) is 11.1 Å². The summed E-state index contributed by atoms with van der Waals surface area (Å²) in [7, 11) is 0. The number of hydrogen-bond donors (Lipinski definition) is 2. The molecular formula is C14H21ClN2O2. The standard InChI is InChI=1S/C14H20N2O2.ClH/c1-10-3-4-13(11(2)5-10)18-9-14(17)16-8-12-6-15-7-12;/h3-5,12,15H,6-9H2,1-2H3,(H,16,17);1H. The average molecular weight is 285 g/mol. The van der Waals surface area contributed by atoms with Crippen molar-refractivity contribution in [3.63, 3.8) is 0 Å². The Hall–Kier alpha value is -1.26. The molecule has 2 rings (SSSR count). The van der Waals surface area contributed by atoms with Crippen LogP contribution in [-0.4, -0.2) is 32.1 Å². The zero-order chi connectivity index (χ0) is 13.0. The number of amides is 1. The lowest BCUT2D eigenvalue weighted by atomic mass is 10.0. The van der Waals surface area contributed by atoms with E-state index in [1.165, 1.54) is 5.56 Å². The van der Waals surface area contributed by atoms with Gasteiger partial charge in [0.15, 0.2) is 6.61 Å². The lowest BCUT2D eigenvalue weighted by molar-refractivity contribution is -0.123. The highest BCUT2D eigenvalue weighted by Crippen LogP contribution is 2.18. The topological polar surface area (TPSA) is 50.4 Å². The highest BCUT2D eigenvalue weighted by molar-refractivity contribution is 5.85. The Balaban J connectivity index is 0.00000180. The van der Waals surface area contributed by atoms with Crippen LogP contribution in [0, 0.1) is 19.8 Å². The van der Waals surface area contributed by atoms with Crippen molar-refractivity contribution in [1.29, 1.82) is 0 Å².